The van der Waals surface area contributed by atoms with Crippen molar-refractivity contribution in [2.45, 2.75) is 44.2 Å². The molecule has 1 aromatic carbocycles. The number of piperidine rings is 1. The molecule has 3 heterocycles. The molecule has 2 aromatic rings. The zero-order valence-corrected chi connectivity index (χ0v) is 14.4. The fraction of sp³-hybridized carbons (Fsp3) is 0.529. The van der Waals surface area contributed by atoms with Crippen molar-refractivity contribution in [1.29, 1.82) is 0 Å². The largest absolute Gasteiger partial charge is 0.419 e. The SMILES string of the molecule is Cl.Cn1c(=O)oc2ccc(NC(=O)CC3CC4CCC(C3)N4)cc21. The Hall–Kier alpha value is -1.79. The van der Waals surface area contributed by atoms with E-state index < -0.39 is 5.76 Å². The van der Waals surface area contributed by atoms with Crippen LogP contribution in [0.1, 0.15) is 32.1 Å². The summed E-state index contributed by atoms with van der Waals surface area (Å²) >= 11 is 0. The summed E-state index contributed by atoms with van der Waals surface area (Å²) in [6, 6.07) is 6.48. The minimum absolute atomic E-state index is 0. The minimum atomic E-state index is -0.395. The summed E-state index contributed by atoms with van der Waals surface area (Å²) in [5.74, 6) is 0.119. The first-order chi connectivity index (χ1) is 11.1. The standard InChI is InChI=1S/C17H21N3O3.ClH/c1-20-14-9-13(4-5-15(14)23-17(20)22)19-16(21)8-10-6-11-2-3-12(7-10)18-11;/h4-5,9-12,18H,2-3,6-8H2,1H3,(H,19,21);1H. The van der Waals surface area contributed by atoms with Crippen molar-refractivity contribution < 1.29 is 9.21 Å². The van der Waals surface area contributed by atoms with E-state index in [0.29, 0.717) is 41.2 Å². The highest BCUT2D eigenvalue weighted by molar-refractivity contribution is 5.93. The van der Waals surface area contributed by atoms with E-state index in [1.165, 1.54) is 17.4 Å². The number of hydrogen-bond acceptors (Lipinski definition) is 4. The molecule has 6 nitrogen and oxygen atoms in total. The molecule has 0 spiro atoms. The number of carbonyl (C=O) groups is 1. The van der Waals surface area contributed by atoms with Gasteiger partial charge in [0.2, 0.25) is 5.91 Å². The smallest absolute Gasteiger partial charge is 0.408 e. The van der Waals surface area contributed by atoms with Gasteiger partial charge in [0.25, 0.3) is 0 Å². The van der Waals surface area contributed by atoms with E-state index >= 15 is 0 Å². The highest BCUT2D eigenvalue weighted by atomic mass is 35.5. The molecule has 2 saturated heterocycles. The van der Waals surface area contributed by atoms with Gasteiger partial charge in [0.1, 0.15) is 0 Å². The fourth-order valence-electron chi connectivity index (χ4n) is 4.02. The van der Waals surface area contributed by atoms with Gasteiger partial charge in [-0.15, -0.1) is 12.4 Å². The summed E-state index contributed by atoms with van der Waals surface area (Å²) in [7, 11) is 1.66. The molecular formula is C17H22ClN3O3. The lowest BCUT2D eigenvalue weighted by Crippen LogP contribution is -2.39. The topological polar surface area (TPSA) is 76.3 Å². The molecule has 4 rings (SSSR count). The van der Waals surface area contributed by atoms with Crippen LogP contribution in [0.25, 0.3) is 11.1 Å². The van der Waals surface area contributed by atoms with Crippen LogP contribution >= 0.6 is 12.4 Å². The summed E-state index contributed by atoms with van der Waals surface area (Å²) < 4.78 is 6.54. The number of fused-ring (bicyclic) bond motifs is 3. The van der Waals surface area contributed by atoms with E-state index in [0.717, 1.165) is 12.8 Å². The molecule has 2 N–H and O–H groups in total. The molecule has 1 amide bonds. The van der Waals surface area contributed by atoms with E-state index in [1.807, 2.05) is 0 Å². The van der Waals surface area contributed by atoms with Gasteiger partial charge in [-0.05, 0) is 49.8 Å². The van der Waals surface area contributed by atoms with Gasteiger partial charge in [0.15, 0.2) is 5.58 Å². The fourth-order valence-corrected chi connectivity index (χ4v) is 4.02. The van der Waals surface area contributed by atoms with Crippen LogP contribution in [0, 0.1) is 5.92 Å². The normalized spacial score (nSPS) is 25.5. The van der Waals surface area contributed by atoms with E-state index in [1.54, 1.807) is 25.2 Å². The summed E-state index contributed by atoms with van der Waals surface area (Å²) in [4.78, 5) is 23.8. The van der Waals surface area contributed by atoms with Crippen LogP contribution < -0.4 is 16.4 Å². The highest BCUT2D eigenvalue weighted by Crippen LogP contribution is 2.32. The van der Waals surface area contributed by atoms with Gasteiger partial charge in [-0.3, -0.25) is 9.36 Å². The third-order valence-electron chi connectivity index (χ3n) is 5.12. The Morgan fingerprint density at radius 1 is 1.33 bits per heavy atom. The molecule has 2 unspecified atom stereocenters. The van der Waals surface area contributed by atoms with Crippen LogP contribution in [-0.4, -0.2) is 22.6 Å². The van der Waals surface area contributed by atoms with Gasteiger partial charge in [0.05, 0.1) is 5.52 Å². The Morgan fingerprint density at radius 2 is 2.04 bits per heavy atom. The molecule has 0 radical (unpaired) electrons. The quantitative estimate of drug-likeness (QED) is 0.890. The molecule has 7 heteroatoms. The number of halogens is 1. The molecule has 2 fully saturated rings. The number of oxazole rings is 1. The molecule has 1 aromatic heterocycles. The number of carbonyl (C=O) groups excluding carboxylic acids is 1. The molecule has 2 bridgehead atoms. The Bertz CT molecular complexity index is 801. The Labute approximate surface area is 146 Å². The Morgan fingerprint density at radius 3 is 2.75 bits per heavy atom. The Kier molecular flexibility index (Phi) is 4.69. The number of benzene rings is 1. The van der Waals surface area contributed by atoms with Crippen molar-refractivity contribution in [1.82, 2.24) is 9.88 Å². The molecular weight excluding hydrogens is 330 g/mol. The zero-order valence-electron chi connectivity index (χ0n) is 13.6. The maximum atomic E-state index is 12.3. The number of amides is 1. The second kappa shape index (κ2) is 6.61. The number of aryl methyl sites for hydroxylation is 1. The van der Waals surface area contributed by atoms with Gasteiger partial charge in [-0.25, -0.2) is 4.79 Å². The summed E-state index contributed by atoms with van der Waals surface area (Å²) in [6.45, 7) is 0. The van der Waals surface area contributed by atoms with Crippen molar-refractivity contribution in [3.05, 3.63) is 28.7 Å². The van der Waals surface area contributed by atoms with Crippen molar-refractivity contribution in [2.75, 3.05) is 5.32 Å². The first-order valence-corrected chi connectivity index (χ1v) is 8.24. The van der Waals surface area contributed by atoms with Crippen LogP contribution in [-0.2, 0) is 11.8 Å². The maximum absolute atomic E-state index is 12.3. The predicted octanol–water partition coefficient (Wildman–Crippen LogP) is 2.41. The van der Waals surface area contributed by atoms with Gasteiger partial charge >= 0.3 is 5.76 Å². The lowest BCUT2D eigenvalue weighted by molar-refractivity contribution is -0.117. The van der Waals surface area contributed by atoms with E-state index in [9.17, 15) is 9.59 Å². The molecule has 0 saturated carbocycles. The Balaban J connectivity index is 0.00000169. The van der Waals surface area contributed by atoms with Crippen molar-refractivity contribution in [3.8, 4) is 0 Å². The summed E-state index contributed by atoms with van der Waals surface area (Å²) in [6.07, 6.45) is 5.25. The molecule has 2 aliphatic heterocycles. The maximum Gasteiger partial charge on any atom is 0.419 e. The van der Waals surface area contributed by atoms with Crippen LogP contribution in [0.4, 0.5) is 5.69 Å². The number of nitrogens with zero attached hydrogens (tertiary/aromatic N) is 1. The number of rotatable bonds is 3. The number of aromatic nitrogens is 1. The average molecular weight is 352 g/mol. The van der Waals surface area contributed by atoms with Crippen LogP contribution in [0.15, 0.2) is 27.4 Å². The van der Waals surface area contributed by atoms with Gasteiger partial charge in [-0.1, -0.05) is 0 Å². The van der Waals surface area contributed by atoms with E-state index in [-0.39, 0.29) is 18.3 Å². The summed E-state index contributed by atoms with van der Waals surface area (Å²) in [5.41, 5.74) is 1.92. The molecule has 2 aliphatic rings. The van der Waals surface area contributed by atoms with E-state index in [4.69, 9.17) is 4.42 Å². The average Bonchev–Trinajstić information content (AvgIpc) is 2.99. The first kappa shape index (κ1) is 17.0. The monoisotopic (exact) mass is 351 g/mol. The lowest BCUT2D eigenvalue weighted by Gasteiger charge is -2.28. The van der Waals surface area contributed by atoms with Crippen LogP contribution in [0.5, 0.6) is 0 Å². The van der Waals surface area contributed by atoms with Gasteiger partial charge in [0, 0.05) is 31.2 Å². The lowest BCUT2D eigenvalue weighted by atomic mass is 9.89. The van der Waals surface area contributed by atoms with E-state index in [2.05, 4.69) is 10.6 Å². The molecule has 2 atom stereocenters. The second-order valence-corrected chi connectivity index (χ2v) is 6.84. The van der Waals surface area contributed by atoms with Crippen LogP contribution in [0.3, 0.4) is 0 Å². The second-order valence-electron chi connectivity index (χ2n) is 6.84. The van der Waals surface area contributed by atoms with Crippen LogP contribution in [0.2, 0.25) is 0 Å². The van der Waals surface area contributed by atoms with Crippen molar-refractivity contribution in [3.63, 3.8) is 0 Å². The third kappa shape index (κ3) is 3.21. The minimum Gasteiger partial charge on any atom is -0.408 e. The van der Waals surface area contributed by atoms with Crippen molar-refractivity contribution in [2.24, 2.45) is 13.0 Å². The number of anilines is 1. The molecule has 130 valence electrons. The molecule has 0 aliphatic carbocycles. The highest BCUT2D eigenvalue weighted by Gasteiger charge is 2.34. The van der Waals surface area contributed by atoms with Crippen molar-refractivity contribution >= 4 is 35.1 Å². The molecule has 24 heavy (non-hydrogen) atoms. The predicted molar refractivity (Wildman–Crippen MR) is 94.6 cm³/mol. The van der Waals surface area contributed by atoms with Gasteiger partial charge < -0.3 is 15.1 Å². The first-order valence-electron chi connectivity index (χ1n) is 8.24. The number of nitrogens with one attached hydrogen (secondary N) is 2. The summed E-state index contributed by atoms with van der Waals surface area (Å²) in [5, 5.41) is 6.55. The third-order valence-corrected chi connectivity index (χ3v) is 5.12. The zero-order chi connectivity index (χ0) is 16.0. The van der Waals surface area contributed by atoms with Gasteiger partial charge in [-0.2, -0.15) is 0 Å². The number of hydrogen-bond donors (Lipinski definition) is 2.